The molecule has 1 saturated carbocycles. The number of rotatable bonds is 5. The lowest BCUT2D eigenvalue weighted by molar-refractivity contribution is -0.137. The molecule has 0 aromatic carbocycles. The molecule has 0 bridgehead atoms. The summed E-state index contributed by atoms with van der Waals surface area (Å²) in [5.41, 5.74) is 0. The number of nitrogens with zero attached hydrogens (tertiary/aromatic N) is 2. The Hall–Kier alpha value is -0.0500. The molecule has 0 amide bonds. The van der Waals surface area contributed by atoms with Crippen LogP contribution in [0.4, 0.5) is 13.2 Å². The first-order valence-electron chi connectivity index (χ1n) is 6.63. The maximum atomic E-state index is 12.6. The lowest BCUT2D eigenvalue weighted by Gasteiger charge is -2.34. The van der Waals surface area contributed by atoms with Crippen molar-refractivity contribution in [1.29, 1.82) is 0 Å². The van der Waals surface area contributed by atoms with Gasteiger partial charge in [-0.3, -0.25) is 0 Å². The third-order valence-electron chi connectivity index (χ3n) is 3.70. The van der Waals surface area contributed by atoms with E-state index in [0.717, 1.165) is 0 Å². The van der Waals surface area contributed by atoms with Crippen LogP contribution in [0.1, 0.15) is 25.7 Å². The van der Waals surface area contributed by atoms with Crippen molar-refractivity contribution in [2.75, 3.05) is 25.5 Å². The summed E-state index contributed by atoms with van der Waals surface area (Å²) >= 11 is 5.73. The first kappa shape index (κ1) is 16.3. The molecule has 1 heterocycles. The third kappa shape index (κ3) is 3.99. The van der Waals surface area contributed by atoms with Gasteiger partial charge in [0.1, 0.15) is 6.54 Å². The monoisotopic (exact) mass is 334 g/mol. The van der Waals surface area contributed by atoms with Crippen LogP contribution in [0.2, 0.25) is 0 Å². The number of piperidine rings is 1. The highest BCUT2D eigenvalue weighted by atomic mass is 35.5. The van der Waals surface area contributed by atoms with E-state index in [1.165, 1.54) is 4.31 Å². The Morgan fingerprint density at radius 3 is 2.10 bits per heavy atom. The Balaban J connectivity index is 2.07. The van der Waals surface area contributed by atoms with Crippen molar-refractivity contribution >= 4 is 21.8 Å². The molecule has 1 aliphatic carbocycles. The van der Waals surface area contributed by atoms with Crippen LogP contribution in [0.3, 0.4) is 0 Å². The quantitative estimate of drug-likeness (QED) is 0.723. The Kier molecular flexibility index (Phi) is 4.88. The summed E-state index contributed by atoms with van der Waals surface area (Å²) in [6, 6.07) is -0.493. The highest BCUT2D eigenvalue weighted by Gasteiger charge is 2.46. The fourth-order valence-corrected chi connectivity index (χ4v) is 4.56. The summed E-state index contributed by atoms with van der Waals surface area (Å²) < 4.78 is 64.2. The summed E-state index contributed by atoms with van der Waals surface area (Å²) in [4.78, 5) is 0. The van der Waals surface area contributed by atoms with Crippen molar-refractivity contribution in [3.05, 3.63) is 0 Å². The van der Waals surface area contributed by atoms with E-state index < -0.39 is 29.0 Å². The molecule has 2 fully saturated rings. The predicted octanol–water partition coefficient (Wildman–Crippen LogP) is 2.21. The van der Waals surface area contributed by atoms with Gasteiger partial charge in [0.05, 0.1) is 0 Å². The molecule has 0 spiro atoms. The Labute approximate surface area is 122 Å². The maximum absolute atomic E-state index is 12.6. The summed E-state index contributed by atoms with van der Waals surface area (Å²) in [5, 5.41) is 0. The van der Waals surface area contributed by atoms with Crippen LogP contribution in [0.15, 0.2) is 0 Å². The molecule has 1 saturated heterocycles. The van der Waals surface area contributed by atoms with E-state index in [0.29, 0.717) is 35.9 Å². The van der Waals surface area contributed by atoms with Gasteiger partial charge in [0.15, 0.2) is 0 Å². The summed E-state index contributed by atoms with van der Waals surface area (Å²) in [6.07, 6.45) is -2.29. The zero-order chi connectivity index (χ0) is 15.0. The zero-order valence-corrected chi connectivity index (χ0v) is 12.5. The van der Waals surface area contributed by atoms with E-state index in [1.54, 1.807) is 0 Å². The summed E-state index contributed by atoms with van der Waals surface area (Å²) in [6.45, 7) is -0.892. The molecule has 2 aliphatic rings. The van der Waals surface area contributed by atoms with Crippen LogP contribution in [0, 0.1) is 5.92 Å². The topological polar surface area (TPSA) is 40.6 Å². The minimum absolute atomic E-state index is 0.250. The van der Waals surface area contributed by atoms with Gasteiger partial charge >= 0.3 is 6.18 Å². The molecule has 2 rings (SSSR count). The van der Waals surface area contributed by atoms with Crippen LogP contribution in [-0.2, 0) is 10.2 Å². The van der Waals surface area contributed by atoms with Crippen molar-refractivity contribution in [2.24, 2.45) is 5.92 Å². The Morgan fingerprint density at radius 2 is 1.70 bits per heavy atom. The van der Waals surface area contributed by atoms with E-state index in [2.05, 4.69) is 0 Å². The minimum Gasteiger partial charge on any atom is -0.195 e. The normalized spacial score (nSPS) is 23.4. The molecule has 0 N–H and O–H groups in total. The smallest absolute Gasteiger partial charge is 0.195 e. The van der Waals surface area contributed by atoms with E-state index >= 15 is 0 Å². The molecule has 0 unspecified atom stereocenters. The average molecular weight is 335 g/mol. The van der Waals surface area contributed by atoms with E-state index in [9.17, 15) is 21.6 Å². The van der Waals surface area contributed by atoms with Crippen LogP contribution in [-0.4, -0.2) is 54.8 Å². The largest absolute Gasteiger partial charge is 0.402 e. The minimum atomic E-state index is -4.51. The highest BCUT2D eigenvalue weighted by molar-refractivity contribution is 7.86. The summed E-state index contributed by atoms with van der Waals surface area (Å²) in [5.74, 6) is 0.711. The molecule has 118 valence electrons. The molecular formula is C11H18ClF3N2O2S. The van der Waals surface area contributed by atoms with Crippen molar-refractivity contribution in [1.82, 2.24) is 8.61 Å². The molecule has 0 aromatic rings. The molecular weight excluding hydrogens is 317 g/mol. The van der Waals surface area contributed by atoms with Crippen molar-refractivity contribution < 1.29 is 21.6 Å². The average Bonchev–Trinajstić information content (AvgIpc) is 3.19. The number of hydrogen-bond donors (Lipinski definition) is 0. The van der Waals surface area contributed by atoms with Gasteiger partial charge in [-0.25, -0.2) is 0 Å². The standard InChI is InChI=1S/C11H18ClF3N2O2S/c12-7-9-3-5-16(6-4-9)20(18,19)17(10-1-2-10)8-11(13,14)15/h9-10H,1-8H2. The van der Waals surface area contributed by atoms with E-state index in [-0.39, 0.29) is 19.0 Å². The lowest BCUT2D eigenvalue weighted by Crippen LogP contribution is -2.50. The van der Waals surface area contributed by atoms with Gasteiger partial charge in [0.25, 0.3) is 10.2 Å². The van der Waals surface area contributed by atoms with Gasteiger partial charge in [-0.1, -0.05) is 0 Å². The van der Waals surface area contributed by atoms with Crippen molar-refractivity contribution in [2.45, 2.75) is 37.9 Å². The van der Waals surface area contributed by atoms with Crippen LogP contribution in [0.5, 0.6) is 0 Å². The van der Waals surface area contributed by atoms with Gasteiger partial charge in [-0.15, -0.1) is 11.6 Å². The zero-order valence-electron chi connectivity index (χ0n) is 10.9. The molecule has 20 heavy (non-hydrogen) atoms. The predicted molar refractivity (Wildman–Crippen MR) is 69.7 cm³/mol. The first-order chi connectivity index (χ1) is 9.24. The van der Waals surface area contributed by atoms with Crippen molar-refractivity contribution in [3.8, 4) is 0 Å². The van der Waals surface area contributed by atoms with Crippen molar-refractivity contribution in [3.63, 3.8) is 0 Å². The van der Waals surface area contributed by atoms with E-state index in [4.69, 9.17) is 11.6 Å². The highest BCUT2D eigenvalue weighted by Crippen LogP contribution is 2.34. The second-order valence-corrected chi connectivity index (χ2v) is 7.59. The Morgan fingerprint density at radius 1 is 1.15 bits per heavy atom. The van der Waals surface area contributed by atoms with Crippen LogP contribution < -0.4 is 0 Å². The van der Waals surface area contributed by atoms with Gasteiger partial charge in [-0.2, -0.15) is 30.2 Å². The molecule has 9 heteroatoms. The molecule has 0 atom stereocenters. The van der Waals surface area contributed by atoms with Gasteiger partial charge in [-0.05, 0) is 31.6 Å². The Bertz CT molecular complexity index is 431. The fraction of sp³-hybridized carbons (Fsp3) is 1.00. The fourth-order valence-electron chi connectivity index (χ4n) is 2.38. The number of halogens is 4. The SMILES string of the molecule is O=S(=O)(N1CCC(CCl)CC1)N(CC(F)(F)F)C1CC1. The number of hydrogen-bond acceptors (Lipinski definition) is 2. The molecule has 0 radical (unpaired) electrons. The molecule has 0 aromatic heterocycles. The lowest BCUT2D eigenvalue weighted by atomic mass is 10.0. The number of alkyl halides is 4. The van der Waals surface area contributed by atoms with Gasteiger partial charge < -0.3 is 0 Å². The third-order valence-corrected chi connectivity index (χ3v) is 6.18. The van der Waals surface area contributed by atoms with Crippen LogP contribution >= 0.6 is 11.6 Å². The summed E-state index contributed by atoms with van der Waals surface area (Å²) in [7, 11) is -4.02. The second-order valence-electron chi connectivity index (χ2n) is 5.40. The molecule has 4 nitrogen and oxygen atoms in total. The van der Waals surface area contributed by atoms with Gasteiger partial charge in [0, 0.05) is 25.0 Å². The van der Waals surface area contributed by atoms with Crippen LogP contribution in [0.25, 0.3) is 0 Å². The first-order valence-corrected chi connectivity index (χ1v) is 8.57. The maximum Gasteiger partial charge on any atom is 0.402 e. The molecule has 1 aliphatic heterocycles. The van der Waals surface area contributed by atoms with Gasteiger partial charge in [0.2, 0.25) is 0 Å². The van der Waals surface area contributed by atoms with E-state index in [1.807, 2.05) is 0 Å². The second kappa shape index (κ2) is 5.98.